The van der Waals surface area contributed by atoms with Gasteiger partial charge in [0, 0.05) is 27.9 Å². The highest BCUT2D eigenvalue weighted by atomic mass is 32.2. The number of hydrogen-bond acceptors (Lipinski definition) is 5. The number of furan rings is 1. The van der Waals surface area contributed by atoms with Crippen molar-refractivity contribution in [3.8, 4) is 0 Å². The first kappa shape index (κ1) is 28.2. The maximum absolute atomic E-state index is 13.0. The van der Waals surface area contributed by atoms with Crippen molar-refractivity contribution in [2.24, 2.45) is 0 Å². The van der Waals surface area contributed by atoms with Gasteiger partial charge in [0.1, 0.15) is 11.5 Å². The van der Waals surface area contributed by atoms with E-state index < -0.39 is 29.5 Å². The maximum atomic E-state index is 13.0. The second kappa shape index (κ2) is 12.9. The molecule has 40 heavy (non-hydrogen) atoms. The van der Waals surface area contributed by atoms with Crippen LogP contribution in [-0.2, 0) is 15.8 Å². The third-order valence-electron chi connectivity index (χ3n) is 5.31. The van der Waals surface area contributed by atoms with Gasteiger partial charge in [0.25, 0.3) is 11.8 Å². The molecule has 3 N–H and O–H groups in total. The third kappa shape index (κ3) is 8.11. The van der Waals surface area contributed by atoms with E-state index >= 15 is 0 Å². The summed E-state index contributed by atoms with van der Waals surface area (Å²) in [5.74, 6) is -1.19. The summed E-state index contributed by atoms with van der Waals surface area (Å²) in [7, 11) is 0. The molecule has 0 radical (unpaired) electrons. The quantitative estimate of drug-likeness (QED) is 0.160. The molecular weight excluding hydrogens is 543 g/mol. The summed E-state index contributed by atoms with van der Waals surface area (Å²) < 4.78 is 43.9. The summed E-state index contributed by atoms with van der Waals surface area (Å²) in [5.41, 5.74) is -0.0247. The number of alkyl halides is 3. The number of carbonyl (C=O) groups is 3. The minimum absolute atomic E-state index is 0.0338. The topological polar surface area (TPSA) is 100 Å². The van der Waals surface area contributed by atoms with Crippen molar-refractivity contribution in [2.75, 3.05) is 16.4 Å². The van der Waals surface area contributed by atoms with Gasteiger partial charge in [-0.15, -0.1) is 11.8 Å². The van der Waals surface area contributed by atoms with Gasteiger partial charge in [0.05, 0.1) is 17.6 Å². The molecule has 1 heterocycles. The summed E-state index contributed by atoms with van der Waals surface area (Å²) in [6.07, 6.45) is -1.66. The van der Waals surface area contributed by atoms with Gasteiger partial charge in [-0.05, 0) is 66.7 Å². The fraction of sp³-hybridized carbons (Fsp3) is 0.0690. The van der Waals surface area contributed by atoms with Gasteiger partial charge in [-0.1, -0.05) is 24.3 Å². The van der Waals surface area contributed by atoms with Crippen LogP contribution in [0.25, 0.3) is 6.08 Å². The molecule has 0 fully saturated rings. The van der Waals surface area contributed by atoms with Crippen LogP contribution in [0, 0.1) is 0 Å². The lowest BCUT2D eigenvalue weighted by atomic mass is 10.2. The molecule has 0 atom stereocenters. The number of thioether (sulfide) groups is 1. The molecule has 0 saturated carbocycles. The first-order chi connectivity index (χ1) is 19.2. The molecule has 0 bridgehead atoms. The van der Waals surface area contributed by atoms with Crippen LogP contribution in [-0.4, -0.2) is 23.5 Å². The number of halogens is 3. The molecule has 7 nitrogen and oxygen atoms in total. The largest absolute Gasteiger partial charge is 0.465 e. The van der Waals surface area contributed by atoms with Crippen LogP contribution in [0.3, 0.4) is 0 Å². The van der Waals surface area contributed by atoms with E-state index in [0.717, 1.165) is 12.1 Å². The molecule has 0 unspecified atom stereocenters. The van der Waals surface area contributed by atoms with Crippen molar-refractivity contribution < 1.29 is 32.0 Å². The second-order valence-electron chi connectivity index (χ2n) is 8.29. The SMILES string of the molecule is O=C(CSc1ccc(NC(=O)/C(=C/c2ccco2)NC(=O)c2ccccc2)cc1)Nc1cccc(C(F)(F)F)c1. The average molecular weight is 566 g/mol. The Balaban J connectivity index is 1.35. The first-order valence-electron chi connectivity index (χ1n) is 11.8. The molecule has 0 aliphatic carbocycles. The van der Waals surface area contributed by atoms with E-state index in [1.807, 2.05) is 0 Å². The smallest absolute Gasteiger partial charge is 0.416 e. The minimum atomic E-state index is -4.50. The van der Waals surface area contributed by atoms with Crippen molar-refractivity contribution >= 4 is 46.9 Å². The standard InChI is InChI=1S/C29H22F3N3O4S/c30-29(31,32)20-8-4-9-22(16-20)33-26(36)18-40-24-13-11-21(12-14-24)34-28(38)25(17-23-10-5-15-39-23)35-27(37)19-6-2-1-3-7-19/h1-17H,18H2,(H,33,36)(H,34,38)(H,35,37)/b25-17-. The summed E-state index contributed by atoms with van der Waals surface area (Å²) in [6.45, 7) is 0. The first-order valence-corrected chi connectivity index (χ1v) is 12.8. The number of carbonyl (C=O) groups excluding carboxylic acids is 3. The fourth-order valence-corrected chi connectivity index (χ4v) is 4.11. The molecule has 0 saturated heterocycles. The highest BCUT2D eigenvalue weighted by Gasteiger charge is 2.30. The highest BCUT2D eigenvalue weighted by molar-refractivity contribution is 8.00. The summed E-state index contributed by atoms with van der Waals surface area (Å²) in [6, 6.07) is 22.7. The van der Waals surface area contributed by atoms with Crippen molar-refractivity contribution in [2.45, 2.75) is 11.1 Å². The van der Waals surface area contributed by atoms with Gasteiger partial charge in [-0.25, -0.2) is 0 Å². The lowest BCUT2D eigenvalue weighted by Crippen LogP contribution is -2.30. The summed E-state index contributed by atoms with van der Waals surface area (Å²) in [5, 5.41) is 7.77. The molecule has 0 spiro atoms. The van der Waals surface area contributed by atoms with Gasteiger partial charge in [-0.2, -0.15) is 13.2 Å². The average Bonchev–Trinajstić information content (AvgIpc) is 3.46. The van der Waals surface area contributed by atoms with Crippen molar-refractivity contribution in [1.82, 2.24) is 5.32 Å². The molecule has 11 heteroatoms. The zero-order valence-corrected chi connectivity index (χ0v) is 21.5. The highest BCUT2D eigenvalue weighted by Crippen LogP contribution is 2.30. The van der Waals surface area contributed by atoms with Crippen LogP contribution < -0.4 is 16.0 Å². The lowest BCUT2D eigenvalue weighted by molar-refractivity contribution is -0.137. The third-order valence-corrected chi connectivity index (χ3v) is 6.33. The number of amides is 3. The Morgan fingerprint density at radius 2 is 1.57 bits per heavy atom. The van der Waals surface area contributed by atoms with Crippen molar-refractivity contribution in [3.63, 3.8) is 0 Å². The molecule has 3 aromatic carbocycles. The minimum Gasteiger partial charge on any atom is -0.465 e. The summed E-state index contributed by atoms with van der Waals surface area (Å²) in [4.78, 5) is 38.6. The summed E-state index contributed by atoms with van der Waals surface area (Å²) >= 11 is 1.17. The van der Waals surface area contributed by atoms with Gasteiger partial charge >= 0.3 is 6.18 Å². The lowest BCUT2D eigenvalue weighted by Gasteiger charge is -2.11. The number of benzene rings is 3. The molecule has 4 rings (SSSR count). The molecular formula is C29H22F3N3O4S. The Labute approximate surface area is 231 Å². The van der Waals surface area contributed by atoms with E-state index in [0.29, 0.717) is 21.9 Å². The molecule has 4 aromatic rings. The van der Waals surface area contributed by atoms with Crippen LogP contribution in [0.1, 0.15) is 21.7 Å². The van der Waals surface area contributed by atoms with E-state index in [-0.39, 0.29) is 17.1 Å². The van der Waals surface area contributed by atoms with Crippen LogP contribution in [0.4, 0.5) is 24.5 Å². The zero-order valence-electron chi connectivity index (χ0n) is 20.7. The van der Waals surface area contributed by atoms with E-state index in [2.05, 4.69) is 16.0 Å². The van der Waals surface area contributed by atoms with Crippen LogP contribution >= 0.6 is 11.8 Å². The monoisotopic (exact) mass is 565 g/mol. The maximum Gasteiger partial charge on any atom is 0.416 e. The molecule has 0 aliphatic heterocycles. The van der Waals surface area contributed by atoms with Crippen LogP contribution in [0.5, 0.6) is 0 Å². The second-order valence-corrected chi connectivity index (χ2v) is 9.34. The normalized spacial score (nSPS) is 11.5. The predicted octanol–water partition coefficient (Wildman–Crippen LogP) is 6.44. The Morgan fingerprint density at radius 1 is 0.825 bits per heavy atom. The van der Waals surface area contributed by atoms with Crippen LogP contribution in [0.15, 0.2) is 112 Å². The number of hydrogen-bond donors (Lipinski definition) is 3. The predicted molar refractivity (Wildman–Crippen MR) is 146 cm³/mol. The zero-order chi connectivity index (χ0) is 28.5. The van der Waals surface area contributed by atoms with Crippen molar-refractivity contribution in [3.05, 3.63) is 120 Å². The Hall–Kier alpha value is -4.77. The molecule has 204 valence electrons. The van der Waals surface area contributed by atoms with Gasteiger partial charge < -0.3 is 20.4 Å². The Kier molecular flexibility index (Phi) is 9.07. The van der Waals surface area contributed by atoms with Crippen LogP contribution in [0.2, 0.25) is 0 Å². The molecule has 1 aromatic heterocycles. The number of nitrogens with one attached hydrogen (secondary N) is 3. The van der Waals surface area contributed by atoms with E-state index in [1.165, 1.54) is 36.2 Å². The molecule has 0 aliphatic rings. The van der Waals surface area contributed by atoms with Crippen molar-refractivity contribution in [1.29, 1.82) is 0 Å². The van der Waals surface area contributed by atoms with E-state index in [4.69, 9.17) is 4.42 Å². The van der Waals surface area contributed by atoms with Gasteiger partial charge in [-0.3, -0.25) is 14.4 Å². The van der Waals surface area contributed by atoms with Gasteiger partial charge in [0.2, 0.25) is 5.91 Å². The Bertz CT molecular complexity index is 1500. The number of rotatable bonds is 9. The van der Waals surface area contributed by atoms with E-state index in [1.54, 1.807) is 66.7 Å². The van der Waals surface area contributed by atoms with Gasteiger partial charge in [0.15, 0.2) is 0 Å². The fourth-order valence-electron chi connectivity index (χ4n) is 3.41. The Morgan fingerprint density at radius 3 is 2.25 bits per heavy atom. The van der Waals surface area contributed by atoms with E-state index in [9.17, 15) is 27.6 Å². The molecule has 3 amide bonds. The number of anilines is 2.